The number of halogens is 1. The van der Waals surface area contributed by atoms with Gasteiger partial charge in [-0.2, -0.15) is 0 Å². The van der Waals surface area contributed by atoms with E-state index in [0.29, 0.717) is 18.9 Å². The topological polar surface area (TPSA) is 81.2 Å². The zero-order chi connectivity index (χ0) is 13.5. The summed E-state index contributed by atoms with van der Waals surface area (Å²) in [4.78, 5) is 7.41. The fraction of sp³-hybridized carbons (Fsp3) is 0.636. The van der Waals surface area contributed by atoms with Crippen LogP contribution in [-0.2, 0) is 14.8 Å². The Morgan fingerprint density at radius 3 is 2.58 bits per heavy atom. The van der Waals surface area contributed by atoms with Gasteiger partial charge in [-0.1, -0.05) is 0 Å². The molecule has 1 saturated heterocycles. The van der Waals surface area contributed by atoms with Gasteiger partial charge in [0.15, 0.2) is 0 Å². The molecule has 2 unspecified atom stereocenters. The van der Waals surface area contributed by atoms with Crippen LogP contribution < -0.4 is 4.72 Å². The number of nitrogens with zero attached hydrogens (tertiary/aromatic N) is 2. The number of ether oxygens (including phenoxy) is 1. The largest absolute Gasteiger partial charge is 0.376 e. The minimum absolute atomic E-state index is 0.00277. The van der Waals surface area contributed by atoms with Crippen LogP contribution in [0.15, 0.2) is 17.3 Å². The lowest BCUT2D eigenvalue weighted by Crippen LogP contribution is -2.41. The van der Waals surface area contributed by atoms with E-state index >= 15 is 0 Å². The van der Waals surface area contributed by atoms with Crippen molar-refractivity contribution in [2.45, 2.75) is 36.3 Å². The van der Waals surface area contributed by atoms with Crippen LogP contribution in [0, 0.1) is 5.92 Å². The average molecular weight is 304 g/mol. The molecule has 1 aromatic rings. The van der Waals surface area contributed by atoms with Gasteiger partial charge >= 0.3 is 0 Å². The molecule has 2 fully saturated rings. The van der Waals surface area contributed by atoms with Gasteiger partial charge in [0.1, 0.15) is 4.90 Å². The predicted molar refractivity (Wildman–Crippen MR) is 68.2 cm³/mol. The molecule has 8 heteroatoms. The zero-order valence-corrected chi connectivity index (χ0v) is 11.7. The Morgan fingerprint density at radius 2 is 1.95 bits per heavy atom. The van der Waals surface area contributed by atoms with E-state index in [1.54, 1.807) is 0 Å². The average Bonchev–Trinajstić information content (AvgIpc) is 3.11. The first-order valence-corrected chi connectivity index (χ1v) is 8.04. The first-order valence-electron chi connectivity index (χ1n) is 6.18. The molecule has 2 heterocycles. The van der Waals surface area contributed by atoms with Gasteiger partial charge in [-0.15, -0.1) is 0 Å². The molecule has 1 aromatic heterocycles. The molecule has 1 aliphatic heterocycles. The first kappa shape index (κ1) is 13.2. The number of hydrogen-bond donors (Lipinski definition) is 1. The SMILES string of the molecule is O=S(=O)(NC1CCOC1C1CC1)c1cnc(Cl)nc1. The third-order valence-electron chi connectivity index (χ3n) is 3.44. The number of rotatable bonds is 4. The van der Waals surface area contributed by atoms with Crippen LogP contribution in [0.25, 0.3) is 0 Å². The van der Waals surface area contributed by atoms with Crippen LogP contribution in [-0.4, -0.2) is 37.1 Å². The molecular formula is C11H14ClN3O3S. The van der Waals surface area contributed by atoms with Gasteiger partial charge in [0.2, 0.25) is 15.3 Å². The number of sulfonamides is 1. The van der Waals surface area contributed by atoms with Crippen LogP contribution in [0.1, 0.15) is 19.3 Å². The zero-order valence-electron chi connectivity index (χ0n) is 10.1. The van der Waals surface area contributed by atoms with Crippen LogP contribution in [0.5, 0.6) is 0 Å². The Balaban J connectivity index is 1.75. The fourth-order valence-electron chi connectivity index (χ4n) is 2.33. The highest BCUT2D eigenvalue weighted by Crippen LogP contribution is 2.39. The van der Waals surface area contributed by atoms with E-state index in [1.165, 1.54) is 12.4 Å². The lowest BCUT2D eigenvalue weighted by molar-refractivity contribution is 0.0848. The molecule has 0 bridgehead atoms. The summed E-state index contributed by atoms with van der Waals surface area (Å²) < 4.78 is 32.7. The smallest absolute Gasteiger partial charge is 0.243 e. The summed E-state index contributed by atoms with van der Waals surface area (Å²) in [6.45, 7) is 0.603. The van der Waals surface area contributed by atoms with Gasteiger partial charge in [-0.05, 0) is 36.8 Å². The lowest BCUT2D eigenvalue weighted by atomic mass is 10.1. The van der Waals surface area contributed by atoms with Crippen molar-refractivity contribution in [2.24, 2.45) is 5.92 Å². The van der Waals surface area contributed by atoms with Crippen molar-refractivity contribution in [3.63, 3.8) is 0 Å². The van der Waals surface area contributed by atoms with Crippen molar-refractivity contribution in [3.05, 3.63) is 17.7 Å². The molecule has 3 rings (SSSR count). The van der Waals surface area contributed by atoms with Gasteiger partial charge in [0, 0.05) is 6.61 Å². The van der Waals surface area contributed by atoms with E-state index < -0.39 is 10.0 Å². The normalized spacial score (nSPS) is 27.6. The highest BCUT2D eigenvalue weighted by Gasteiger charge is 2.42. The maximum absolute atomic E-state index is 12.2. The molecule has 1 saturated carbocycles. The first-order chi connectivity index (χ1) is 9.06. The molecular weight excluding hydrogens is 290 g/mol. The van der Waals surface area contributed by atoms with E-state index in [4.69, 9.17) is 16.3 Å². The van der Waals surface area contributed by atoms with E-state index in [1.807, 2.05) is 0 Å². The third kappa shape index (κ3) is 2.89. The second-order valence-electron chi connectivity index (χ2n) is 4.88. The summed E-state index contributed by atoms with van der Waals surface area (Å²) >= 11 is 5.55. The Bertz CT molecular complexity index is 559. The molecule has 6 nitrogen and oxygen atoms in total. The number of nitrogens with one attached hydrogen (secondary N) is 1. The van der Waals surface area contributed by atoms with E-state index in [2.05, 4.69) is 14.7 Å². The van der Waals surface area contributed by atoms with E-state index in [-0.39, 0.29) is 22.3 Å². The summed E-state index contributed by atoms with van der Waals surface area (Å²) in [6.07, 6.45) is 5.36. The minimum atomic E-state index is -3.61. The van der Waals surface area contributed by atoms with Gasteiger partial charge in [-0.25, -0.2) is 23.1 Å². The Hall–Kier alpha value is -0.760. The van der Waals surface area contributed by atoms with Crippen LogP contribution in [0.2, 0.25) is 5.28 Å². The summed E-state index contributed by atoms with van der Waals surface area (Å²) in [5.41, 5.74) is 0. The number of hydrogen-bond acceptors (Lipinski definition) is 5. The standard InChI is InChI=1S/C11H14ClN3O3S/c12-11-13-5-8(6-14-11)19(16,17)15-9-3-4-18-10(9)7-1-2-7/h5-7,9-10,15H,1-4H2. The second-order valence-corrected chi connectivity index (χ2v) is 6.93. The highest BCUT2D eigenvalue weighted by atomic mass is 35.5. The van der Waals surface area contributed by atoms with E-state index in [9.17, 15) is 8.42 Å². The molecule has 0 spiro atoms. The molecule has 2 atom stereocenters. The summed E-state index contributed by atoms with van der Waals surface area (Å²) in [5.74, 6) is 0.497. The molecule has 0 amide bonds. The lowest BCUT2D eigenvalue weighted by Gasteiger charge is -2.19. The summed E-state index contributed by atoms with van der Waals surface area (Å²) in [7, 11) is -3.61. The van der Waals surface area contributed by atoms with Gasteiger partial charge < -0.3 is 4.74 Å². The molecule has 104 valence electrons. The quantitative estimate of drug-likeness (QED) is 0.839. The maximum Gasteiger partial charge on any atom is 0.243 e. The van der Waals surface area contributed by atoms with Gasteiger partial charge in [0.05, 0.1) is 24.5 Å². The van der Waals surface area contributed by atoms with Crippen LogP contribution in [0.4, 0.5) is 0 Å². The molecule has 19 heavy (non-hydrogen) atoms. The van der Waals surface area contributed by atoms with Gasteiger partial charge in [-0.3, -0.25) is 0 Å². The fourth-order valence-corrected chi connectivity index (χ4v) is 3.60. The third-order valence-corrected chi connectivity index (χ3v) is 5.08. The Labute approximate surface area is 116 Å². The van der Waals surface area contributed by atoms with Crippen LogP contribution in [0.3, 0.4) is 0 Å². The minimum Gasteiger partial charge on any atom is -0.376 e. The van der Waals surface area contributed by atoms with Crippen LogP contribution >= 0.6 is 11.6 Å². The molecule has 2 aliphatic rings. The van der Waals surface area contributed by atoms with Crippen molar-refractivity contribution < 1.29 is 13.2 Å². The summed E-state index contributed by atoms with van der Waals surface area (Å²) in [6, 6.07) is -0.159. The van der Waals surface area contributed by atoms with E-state index in [0.717, 1.165) is 12.8 Å². The van der Waals surface area contributed by atoms with Crippen molar-refractivity contribution >= 4 is 21.6 Å². The molecule has 0 radical (unpaired) electrons. The van der Waals surface area contributed by atoms with Gasteiger partial charge in [0.25, 0.3) is 0 Å². The van der Waals surface area contributed by atoms with Crippen molar-refractivity contribution in [1.82, 2.24) is 14.7 Å². The second kappa shape index (κ2) is 4.97. The monoisotopic (exact) mass is 303 g/mol. The molecule has 1 N–H and O–H groups in total. The highest BCUT2D eigenvalue weighted by molar-refractivity contribution is 7.89. The Kier molecular flexibility index (Phi) is 3.46. The molecule has 1 aliphatic carbocycles. The Morgan fingerprint density at radius 1 is 1.26 bits per heavy atom. The number of aromatic nitrogens is 2. The van der Waals surface area contributed by atoms with Crippen molar-refractivity contribution in [2.75, 3.05) is 6.61 Å². The summed E-state index contributed by atoms with van der Waals surface area (Å²) in [5, 5.41) is 0.0269. The predicted octanol–water partition coefficient (Wildman–Crippen LogP) is 0.976. The van der Waals surface area contributed by atoms with Crippen molar-refractivity contribution in [3.8, 4) is 0 Å². The molecule has 0 aromatic carbocycles. The van der Waals surface area contributed by atoms with Crippen molar-refractivity contribution in [1.29, 1.82) is 0 Å². The maximum atomic E-state index is 12.2.